The summed E-state index contributed by atoms with van der Waals surface area (Å²) in [6, 6.07) is 0.419. The van der Waals surface area contributed by atoms with E-state index in [2.05, 4.69) is 26.1 Å². The van der Waals surface area contributed by atoms with Crippen LogP contribution in [0.15, 0.2) is 0 Å². The lowest BCUT2D eigenvalue weighted by Crippen LogP contribution is -2.40. The molecule has 3 heteroatoms. The van der Waals surface area contributed by atoms with E-state index in [4.69, 9.17) is 9.84 Å². The third-order valence-corrected chi connectivity index (χ3v) is 2.93. The summed E-state index contributed by atoms with van der Waals surface area (Å²) in [5.41, 5.74) is 0. The van der Waals surface area contributed by atoms with E-state index in [1.807, 2.05) is 0 Å². The highest BCUT2D eigenvalue weighted by Gasteiger charge is 2.14. The Labute approximate surface area is 94.2 Å². The van der Waals surface area contributed by atoms with Gasteiger partial charge in [0.2, 0.25) is 0 Å². The van der Waals surface area contributed by atoms with Gasteiger partial charge < -0.3 is 15.2 Å². The highest BCUT2D eigenvalue weighted by Crippen LogP contribution is 2.08. The molecule has 0 aliphatic heterocycles. The topological polar surface area (TPSA) is 41.5 Å². The first-order valence-electron chi connectivity index (χ1n) is 5.98. The second-order valence-electron chi connectivity index (χ2n) is 4.50. The molecule has 3 nitrogen and oxygen atoms in total. The minimum atomic E-state index is 0.289. The number of hydrogen-bond acceptors (Lipinski definition) is 3. The first kappa shape index (κ1) is 14.9. The molecule has 0 aliphatic rings. The van der Waals surface area contributed by atoms with Crippen molar-refractivity contribution in [2.24, 2.45) is 11.8 Å². The van der Waals surface area contributed by atoms with Crippen molar-refractivity contribution in [3.05, 3.63) is 0 Å². The maximum Gasteiger partial charge on any atom is 0.0618 e. The van der Waals surface area contributed by atoms with Crippen molar-refractivity contribution in [1.29, 1.82) is 0 Å². The molecule has 0 radical (unpaired) electrons. The van der Waals surface area contributed by atoms with Gasteiger partial charge in [-0.15, -0.1) is 0 Å². The molecular formula is C12H27NO2. The molecule has 0 saturated heterocycles. The van der Waals surface area contributed by atoms with Crippen molar-refractivity contribution in [3.63, 3.8) is 0 Å². The predicted octanol–water partition coefficient (Wildman–Crippen LogP) is 1.66. The lowest BCUT2D eigenvalue weighted by Gasteiger charge is -2.24. The van der Waals surface area contributed by atoms with E-state index in [-0.39, 0.29) is 6.61 Å². The fraction of sp³-hybridized carbons (Fsp3) is 1.00. The van der Waals surface area contributed by atoms with E-state index in [1.165, 1.54) is 0 Å². The van der Waals surface area contributed by atoms with Gasteiger partial charge in [-0.25, -0.2) is 0 Å². The largest absolute Gasteiger partial charge is 0.396 e. The van der Waals surface area contributed by atoms with Crippen LogP contribution in [0.5, 0.6) is 0 Å². The molecule has 0 bridgehead atoms. The Balaban J connectivity index is 3.84. The summed E-state index contributed by atoms with van der Waals surface area (Å²) in [6.45, 7) is 8.59. The normalized spacial score (nSPS) is 15.6. The second kappa shape index (κ2) is 9.13. The Kier molecular flexibility index (Phi) is 9.06. The molecule has 15 heavy (non-hydrogen) atoms. The standard InChI is InChI=1S/C12H27NO2/c1-5-11(6-7-14)8-13-12(9-15-4)10(2)3/h10-14H,5-9H2,1-4H3. The lowest BCUT2D eigenvalue weighted by molar-refractivity contribution is 0.142. The van der Waals surface area contributed by atoms with Crippen molar-refractivity contribution in [2.75, 3.05) is 26.9 Å². The molecule has 0 spiro atoms. The van der Waals surface area contributed by atoms with Crippen molar-refractivity contribution < 1.29 is 9.84 Å². The number of nitrogens with one attached hydrogen (secondary N) is 1. The van der Waals surface area contributed by atoms with Gasteiger partial charge in [0, 0.05) is 19.8 Å². The minimum Gasteiger partial charge on any atom is -0.396 e. The van der Waals surface area contributed by atoms with Crippen LogP contribution < -0.4 is 5.32 Å². The molecule has 0 aromatic rings. The molecule has 0 aromatic carbocycles. The van der Waals surface area contributed by atoms with Gasteiger partial charge in [-0.05, 0) is 24.8 Å². The highest BCUT2D eigenvalue weighted by molar-refractivity contribution is 4.72. The zero-order chi connectivity index (χ0) is 11.7. The Morgan fingerprint density at radius 3 is 2.40 bits per heavy atom. The number of rotatable bonds is 9. The van der Waals surface area contributed by atoms with Crippen LogP contribution in [0, 0.1) is 11.8 Å². The molecule has 0 amide bonds. The fourth-order valence-corrected chi connectivity index (χ4v) is 1.62. The Morgan fingerprint density at radius 2 is 2.00 bits per heavy atom. The van der Waals surface area contributed by atoms with E-state index < -0.39 is 0 Å². The molecule has 0 aromatic heterocycles. The quantitative estimate of drug-likeness (QED) is 0.617. The van der Waals surface area contributed by atoms with Crippen molar-refractivity contribution in [1.82, 2.24) is 5.32 Å². The van der Waals surface area contributed by atoms with Gasteiger partial charge in [0.15, 0.2) is 0 Å². The molecule has 0 fully saturated rings. The van der Waals surface area contributed by atoms with Crippen molar-refractivity contribution in [3.8, 4) is 0 Å². The summed E-state index contributed by atoms with van der Waals surface area (Å²) in [5.74, 6) is 1.16. The van der Waals surface area contributed by atoms with E-state index in [1.54, 1.807) is 7.11 Å². The molecule has 0 saturated carbocycles. The number of methoxy groups -OCH3 is 1. The Hall–Kier alpha value is -0.120. The van der Waals surface area contributed by atoms with Crippen LogP contribution in [-0.4, -0.2) is 38.0 Å². The van der Waals surface area contributed by atoms with Crippen LogP contribution in [0.4, 0.5) is 0 Å². The monoisotopic (exact) mass is 217 g/mol. The molecule has 0 rings (SSSR count). The third-order valence-electron chi connectivity index (χ3n) is 2.93. The summed E-state index contributed by atoms with van der Waals surface area (Å²) in [4.78, 5) is 0. The van der Waals surface area contributed by atoms with Crippen molar-refractivity contribution >= 4 is 0 Å². The molecular weight excluding hydrogens is 190 g/mol. The number of hydrogen-bond donors (Lipinski definition) is 2. The first-order valence-corrected chi connectivity index (χ1v) is 5.98. The van der Waals surface area contributed by atoms with Gasteiger partial charge in [-0.3, -0.25) is 0 Å². The zero-order valence-corrected chi connectivity index (χ0v) is 10.6. The molecule has 0 aliphatic carbocycles. The Bertz CT molecular complexity index is 140. The smallest absolute Gasteiger partial charge is 0.0618 e. The average Bonchev–Trinajstić information content (AvgIpc) is 2.21. The maximum absolute atomic E-state index is 8.89. The zero-order valence-electron chi connectivity index (χ0n) is 10.6. The average molecular weight is 217 g/mol. The summed E-state index contributed by atoms with van der Waals surface area (Å²) in [7, 11) is 1.74. The molecule has 2 N–H and O–H groups in total. The van der Waals surface area contributed by atoms with Crippen LogP contribution >= 0.6 is 0 Å². The van der Waals surface area contributed by atoms with E-state index in [0.29, 0.717) is 17.9 Å². The van der Waals surface area contributed by atoms with Crippen LogP contribution in [0.25, 0.3) is 0 Å². The van der Waals surface area contributed by atoms with Crippen LogP contribution in [0.3, 0.4) is 0 Å². The first-order chi connectivity index (χ1) is 7.15. The summed E-state index contributed by atoms with van der Waals surface area (Å²) >= 11 is 0. The van der Waals surface area contributed by atoms with Gasteiger partial charge >= 0.3 is 0 Å². The van der Waals surface area contributed by atoms with Crippen molar-refractivity contribution in [2.45, 2.75) is 39.7 Å². The minimum absolute atomic E-state index is 0.289. The Morgan fingerprint density at radius 1 is 1.33 bits per heavy atom. The summed E-state index contributed by atoms with van der Waals surface area (Å²) in [6.07, 6.45) is 2.01. The highest BCUT2D eigenvalue weighted by atomic mass is 16.5. The van der Waals surface area contributed by atoms with Gasteiger partial charge in [0.05, 0.1) is 6.61 Å². The van der Waals surface area contributed by atoms with Crippen LogP contribution in [-0.2, 0) is 4.74 Å². The lowest BCUT2D eigenvalue weighted by atomic mass is 10.0. The fourth-order valence-electron chi connectivity index (χ4n) is 1.62. The third kappa shape index (κ3) is 6.88. The summed E-state index contributed by atoms with van der Waals surface area (Å²) in [5, 5.41) is 12.4. The van der Waals surface area contributed by atoms with E-state index in [9.17, 15) is 0 Å². The van der Waals surface area contributed by atoms with Gasteiger partial charge in [-0.1, -0.05) is 27.2 Å². The van der Waals surface area contributed by atoms with Gasteiger partial charge in [-0.2, -0.15) is 0 Å². The molecule has 2 unspecified atom stereocenters. The number of aliphatic hydroxyl groups is 1. The maximum atomic E-state index is 8.89. The van der Waals surface area contributed by atoms with Gasteiger partial charge in [0.1, 0.15) is 0 Å². The van der Waals surface area contributed by atoms with E-state index >= 15 is 0 Å². The second-order valence-corrected chi connectivity index (χ2v) is 4.50. The summed E-state index contributed by atoms with van der Waals surface area (Å²) < 4.78 is 5.18. The van der Waals surface area contributed by atoms with Crippen LogP contribution in [0.1, 0.15) is 33.6 Å². The number of ether oxygens (including phenoxy) is 1. The molecule has 0 heterocycles. The number of aliphatic hydroxyl groups excluding tert-OH is 1. The molecule has 2 atom stereocenters. The predicted molar refractivity (Wildman–Crippen MR) is 64.0 cm³/mol. The SMILES string of the molecule is CCC(CCO)CNC(COC)C(C)C. The van der Waals surface area contributed by atoms with Crippen LogP contribution in [0.2, 0.25) is 0 Å². The van der Waals surface area contributed by atoms with E-state index in [0.717, 1.165) is 26.0 Å². The van der Waals surface area contributed by atoms with Gasteiger partial charge in [0.25, 0.3) is 0 Å². The molecule has 92 valence electrons.